The van der Waals surface area contributed by atoms with Gasteiger partial charge in [-0.2, -0.15) is 5.10 Å². The van der Waals surface area contributed by atoms with Crippen molar-refractivity contribution in [3.63, 3.8) is 0 Å². The van der Waals surface area contributed by atoms with E-state index in [-0.39, 0.29) is 5.91 Å². The summed E-state index contributed by atoms with van der Waals surface area (Å²) in [4.78, 5) is 16.8. The van der Waals surface area contributed by atoms with E-state index in [1.165, 1.54) is 17.5 Å². The largest absolute Gasteiger partial charge is 0.329 e. The number of carbonyl (C=O) groups is 1. The van der Waals surface area contributed by atoms with Gasteiger partial charge in [0.05, 0.1) is 34.7 Å². The number of hydrogen-bond donors (Lipinski definition) is 2. The Morgan fingerprint density at radius 3 is 2.91 bits per heavy atom. The number of halogens is 2. The smallest absolute Gasteiger partial charge is 0.258 e. The molecule has 8 nitrogen and oxygen atoms in total. The molecule has 160 valence electrons. The van der Waals surface area contributed by atoms with Crippen LogP contribution in [-0.2, 0) is 13.6 Å². The maximum Gasteiger partial charge on any atom is 0.258 e. The van der Waals surface area contributed by atoms with E-state index in [2.05, 4.69) is 46.9 Å². The fourth-order valence-corrected chi connectivity index (χ4v) is 4.61. The lowest BCUT2D eigenvalue weighted by molar-refractivity contribution is 0.102. The molecule has 0 fully saturated rings. The molecule has 11 heteroatoms. The molecular formula is C21H15BrClN7OS. The summed E-state index contributed by atoms with van der Waals surface area (Å²) in [5, 5.41) is 20.6. The molecule has 0 radical (unpaired) electrons. The number of amides is 1. The molecule has 0 atom stereocenters. The zero-order chi connectivity index (χ0) is 22.2. The van der Waals surface area contributed by atoms with Gasteiger partial charge in [0.2, 0.25) is 5.13 Å². The third kappa shape index (κ3) is 4.04. The van der Waals surface area contributed by atoms with Gasteiger partial charge in [0, 0.05) is 35.1 Å². The lowest BCUT2D eigenvalue weighted by Gasteiger charge is -2.08. The second-order valence-electron chi connectivity index (χ2n) is 7.06. The van der Waals surface area contributed by atoms with E-state index < -0.39 is 0 Å². The van der Waals surface area contributed by atoms with Crippen molar-refractivity contribution in [2.24, 2.45) is 12.0 Å². The standard InChI is InChI=1S/C21H15BrClN7OS/c1-30-10-13(8-25-30)19(31)26-17-6-11(2-4-15(17)22)20-28-29-21(32-20)27-16-5-3-12-7-24-9-14(12)18(16)23/h2-6,8-10H,7H2,1H3,(H,26,31)(H,27,29). The van der Waals surface area contributed by atoms with E-state index >= 15 is 0 Å². The average Bonchev–Trinajstić information content (AvgIpc) is 3.53. The molecule has 5 rings (SSSR count). The Labute approximate surface area is 200 Å². The summed E-state index contributed by atoms with van der Waals surface area (Å²) >= 11 is 11.4. The predicted octanol–water partition coefficient (Wildman–Crippen LogP) is 5.28. The molecule has 2 aromatic heterocycles. The predicted molar refractivity (Wildman–Crippen MR) is 130 cm³/mol. The van der Waals surface area contributed by atoms with E-state index in [9.17, 15) is 4.79 Å². The van der Waals surface area contributed by atoms with Gasteiger partial charge in [0.15, 0.2) is 0 Å². The lowest BCUT2D eigenvalue weighted by Crippen LogP contribution is -2.11. The summed E-state index contributed by atoms with van der Waals surface area (Å²) in [7, 11) is 1.76. The molecule has 3 heterocycles. The van der Waals surface area contributed by atoms with Crippen LogP contribution in [0.15, 0.2) is 52.2 Å². The van der Waals surface area contributed by atoms with Crippen LogP contribution in [0.5, 0.6) is 0 Å². The van der Waals surface area contributed by atoms with Crippen molar-refractivity contribution >= 4 is 67.5 Å². The van der Waals surface area contributed by atoms with Crippen LogP contribution in [0.25, 0.3) is 10.6 Å². The quantitative estimate of drug-likeness (QED) is 0.367. The second kappa shape index (κ2) is 8.45. The Hall–Kier alpha value is -3.08. The van der Waals surface area contributed by atoms with Crippen molar-refractivity contribution in [2.45, 2.75) is 6.54 Å². The minimum absolute atomic E-state index is 0.245. The molecule has 0 aliphatic carbocycles. The van der Waals surface area contributed by atoms with Gasteiger partial charge >= 0.3 is 0 Å². The lowest BCUT2D eigenvalue weighted by atomic mass is 10.1. The van der Waals surface area contributed by atoms with Crippen molar-refractivity contribution in [3.8, 4) is 10.6 Å². The summed E-state index contributed by atoms with van der Waals surface area (Å²) in [5.74, 6) is -0.245. The van der Waals surface area contributed by atoms with E-state index in [1.54, 1.807) is 24.1 Å². The first kappa shape index (κ1) is 20.8. The van der Waals surface area contributed by atoms with Crippen molar-refractivity contribution in [3.05, 3.63) is 68.9 Å². The first-order chi connectivity index (χ1) is 15.5. The maximum atomic E-state index is 12.5. The monoisotopic (exact) mass is 527 g/mol. The highest BCUT2D eigenvalue weighted by Crippen LogP contribution is 2.36. The van der Waals surface area contributed by atoms with Crippen molar-refractivity contribution in [1.82, 2.24) is 20.0 Å². The van der Waals surface area contributed by atoms with Gasteiger partial charge < -0.3 is 10.6 Å². The van der Waals surface area contributed by atoms with Crippen LogP contribution in [-0.4, -0.2) is 32.1 Å². The summed E-state index contributed by atoms with van der Waals surface area (Å²) in [5.41, 5.74) is 4.72. The number of carbonyl (C=O) groups excluding carboxylic acids is 1. The summed E-state index contributed by atoms with van der Waals surface area (Å²) in [6.45, 7) is 0.654. The number of fused-ring (bicyclic) bond motifs is 1. The van der Waals surface area contributed by atoms with Crippen LogP contribution in [0.2, 0.25) is 5.02 Å². The first-order valence-corrected chi connectivity index (χ1v) is 11.5. The molecule has 1 aliphatic rings. The topological polar surface area (TPSA) is 97.1 Å². The molecule has 0 unspecified atom stereocenters. The molecule has 0 saturated carbocycles. The molecular weight excluding hydrogens is 514 g/mol. The van der Waals surface area contributed by atoms with Crippen LogP contribution in [0.1, 0.15) is 21.5 Å². The molecule has 2 aromatic carbocycles. The minimum atomic E-state index is -0.245. The molecule has 4 aromatic rings. The summed E-state index contributed by atoms with van der Waals surface area (Å²) in [6, 6.07) is 9.54. The maximum absolute atomic E-state index is 12.5. The van der Waals surface area contributed by atoms with Crippen molar-refractivity contribution in [1.29, 1.82) is 0 Å². The number of hydrogen-bond acceptors (Lipinski definition) is 7. The number of benzene rings is 2. The Morgan fingerprint density at radius 1 is 1.22 bits per heavy atom. The second-order valence-corrected chi connectivity index (χ2v) is 9.27. The van der Waals surface area contributed by atoms with Gasteiger partial charge in [-0.15, -0.1) is 10.2 Å². The summed E-state index contributed by atoms with van der Waals surface area (Å²) in [6.07, 6.45) is 4.97. The average molecular weight is 529 g/mol. The molecule has 32 heavy (non-hydrogen) atoms. The number of nitrogens with zero attached hydrogens (tertiary/aromatic N) is 5. The van der Waals surface area contributed by atoms with E-state index in [4.69, 9.17) is 11.6 Å². The Morgan fingerprint density at radius 2 is 2.09 bits per heavy atom. The number of aromatic nitrogens is 4. The molecule has 2 N–H and O–H groups in total. The van der Waals surface area contributed by atoms with Gasteiger partial charge in [-0.1, -0.05) is 35.1 Å². The SMILES string of the molecule is Cn1cc(C(=O)Nc2cc(-c3nnc(Nc4ccc5c(c4Cl)C=NC5)s3)ccc2Br)cn1. The zero-order valence-electron chi connectivity index (χ0n) is 16.6. The van der Waals surface area contributed by atoms with E-state index in [0.29, 0.717) is 33.0 Å². The zero-order valence-corrected chi connectivity index (χ0v) is 19.8. The molecule has 0 saturated heterocycles. The van der Waals surface area contributed by atoms with Crippen LogP contribution in [0.3, 0.4) is 0 Å². The van der Waals surface area contributed by atoms with Gasteiger partial charge in [0.1, 0.15) is 5.01 Å². The molecule has 0 bridgehead atoms. The van der Waals surface area contributed by atoms with Gasteiger partial charge in [-0.3, -0.25) is 14.5 Å². The van der Waals surface area contributed by atoms with Gasteiger partial charge in [-0.05, 0) is 39.7 Å². The van der Waals surface area contributed by atoms with E-state index in [1.807, 2.05) is 30.3 Å². The molecule has 1 amide bonds. The number of aryl methyl sites for hydroxylation is 1. The number of aliphatic imine (C=N–C) groups is 1. The third-order valence-corrected chi connectivity index (χ3v) is 6.83. The van der Waals surface area contributed by atoms with Crippen LogP contribution >= 0.6 is 38.9 Å². The third-order valence-electron chi connectivity index (χ3n) is 4.85. The number of rotatable bonds is 5. The summed E-state index contributed by atoms with van der Waals surface area (Å²) < 4.78 is 2.34. The minimum Gasteiger partial charge on any atom is -0.329 e. The van der Waals surface area contributed by atoms with Crippen molar-refractivity contribution < 1.29 is 4.79 Å². The van der Waals surface area contributed by atoms with Crippen LogP contribution < -0.4 is 10.6 Å². The van der Waals surface area contributed by atoms with Gasteiger partial charge in [-0.25, -0.2) is 0 Å². The number of anilines is 3. The normalized spacial score (nSPS) is 12.1. The highest BCUT2D eigenvalue weighted by Gasteiger charge is 2.16. The fourth-order valence-electron chi connectivity index (χ4n) is 3.23. The van der Waals surface area contributed by atoms with Crippen molar-refractivity contribution in [2.75, 3.05) is 10.6 Å². The Bertz CT molecular complexity index is 1380. The van der Waals surface area contributed by atoms with E-state index in [0.717, 1.165) is 26.9 Å². The highest BCUT2D eigenvalue weighted by atomic mass is 79.9. The van der Waals surface area contributed by atoms with Crippen LogP contribution in [0, 0.1) is 0 Å². The molecule has 1 aliphatic heterocycles. The Kier molecular flexibility index (Phi) is 5.50. The Balaban J connectivity index is 1.37. The highest BCUT2D eigenvalue weighted by molar-refractivity contribution is 9.10. The first-order valence-electron chi connectivity index (χ1n) is 9.49. The fraction of sp³-hybridized carbons (Fsp3) is 0.0952. The van der Waals surface area contributed by atoms with Gasteiger partial charge in [0.25, 0.3) is 5.91 Å². The van der Waals surface area contributed by atoms with Crippen LogP contribution in [0.4, 0.5) is 16.5 Å². The molecule has 0 spiro atoms. The number of nitrogens with one attached hydrogen (secondary N) is 2.